The molecule has 0 unspecified atom stereocenters. The van der Waals surface area contributed by atoms with E-state index < -0.39 is 36.6 Å². The Hall–Kier alpha value is -15.5. The third kappa shape index (κ3) is 22.1. The number of rotatable bonds is 24. The largest absolute Gasteiger partial charge is 0.394 e. The Bertz CT molecular complexity index is 7180. The van der Waals surface area contributed by atoms with E-state index in [-0.39, 0.29) is 53.2 Å². The summed E-state index contributed by atoms with van der Waals surface area (Å²) in [6.07, 6.45) is 25.7. The number of hydrogen-bond acceptors (Lipinski definition) is 18. The van der Waals surface area contributed by atoms with Gasteiger partial charge in [-0.15, -0.1) is 11.3 Å². The Kier molecular flexibility index (Phi) is 30.1. The third-order valence-electron chi connectivity index (χ3n) is 22.9. The molecular weight excluding hydrogens is 1680 g/mol. The lowest BCUT2D eigenvalue weighted by Gasteiger charge is -2.20. The van der Waals surface area contributed by atoms with Crippen molar-refractivity contribution >= 4 is 11.3 Å². The molecular formula is C105H100FN17O8S. The number of aryl methyl sites for hydroxylation is 12. The average molecular weight is 1780 g/mol. The molecule has 0 fully saturated rings. The smallest absolute Gasteiger partial charge is 0.254 e. The summed E-state index contributed by atoms with van der Waals surface area (Å²) in [7, 11) is 0. The first-order valence-electron chi connectivity index (χ1n) is 42.7. The van der Waals surface area contributed by atoms with Crippen LogP contribution in [0.15, 0.2) is 264 Å². The van der Waals surface area contributed by atoms with Gasteiger partial charge in [0.1, 0.15) is 30.1 Å². The summed E-state index contributed by atoms with van der Waals surface area (Å²) >= 11 is 1.54. The number of imidazole rings is 4. The fourth-order valence-corrected chi connectivity index (χ4v) is 17.4. The van der Waals surface area contributed by atoms with E-state index in [1.165, 1.54) is 49.1 Å². The number of benzene rings is 6. The predicted molar refractivity (Wildman–Crippen MR) is 506 cm³/mol. The van der Waals surface area contributed by atoms with E-state index in [1.807, 2.05) is 222 Å². The fraction of sp³-hybridized carbons (Fsp3) is 0.229. The van der Waals surface area contributed by atoms with Gasteiger partial charge in [-0.25, -0.2) is 24.3 Å². The van der Waals surface area contributed by atoms with E-state index >= 15 is 0 Å². The highest BCUT2D eigenvalue weighted by Crippen LogP contribution is 2.31. The monoisotopic (exact) mass is 1780 g/mol. The zero-order valence-corrected chi connectivity index (χ0v) is 76.2. The highest BCUT2D eigenvalue weighted by Gasteiger charge is 2.26. The van der Waals surface area contributed by atoms with Crippen molar-refractivity contribution in [2.75, 3.05) is 26.4 Å². The van der Waals surface area contributed by atoms with Crippen molar-refractivity contribution < 1.29 is 24.8 Å². The molecule has 10 aromatic heterocycles. The lowest BCUT2D eigenvalue weighted by molar-refractivity contribution is 0.243. The van der Waals surface area contributed by atoms with Crippen molar-refractivity contribution in [1.29, 1.82) is 21.0 Å². The van der Waals surface area contributed by atoms with Gasteiger partial charge in [0.15, 0.2) is 0 Å². The zero-order chi connectivity index (χ0) is 94.3. The quantitative estimate of drug-likeness (QED) is 0.0436. The van der Waals surface area contributed by atoms with Gasteiger partial charge in [0.05, 0.1) is 121 Å². The van der Waals surface area contributed by atoms with Gasteiger partial charge in [0, 0.05) is 148 Å². The van der Waals surface area contributed by atoms with Crippen molar-refractivity contribution in [3.63, 3.8) is 0 Å². The molecule has 0 aliphatic rings. The number of aliphatic hydroxyl groups excluding tert-OH is 4. The fourth-order valence-electron chi connectivity index (χ4n) is 16.4. The number of hydrogen-bond donors (Lipinski definition) is 4. The van der Waals surface area contributed by atoms with E-state index in [0.29, 0.717) is 64.6 Å². The molecule has 6 aromatic carbocycles. The zero-order valence-electron chi connectivity index (χ0n) is 75.4. The Balaban J connectivity index is 0.000000150. The minimum absolute atomic E-state index is 0.193. The SMILES string of the molecule is Cc1ccc([C@H](CO)n2cc(C#N)cc(Cc3ccc(-n4cnc(C)c4)c(C)c3)c2=O)c(F)c1.Cc1cccc([C@H](CO)n2cc(C#N)cc(Cc3ccc(-n4cnc(C)c4)c(C)c3)c2=O)c1.Cc1cn(-c2ccc(Cc3cc(C#N)cn([C@@H](CO)c4ccc(C)s4)c3=O)cc2C)cn1.Cc1cncc([C@H](CO)n2cc(C#N)cc(Cc3ccc(-n4cnc(C)c4)c(C)c3)c2=O)c1. The minimum atomic E-state index is -0.936. The first-order valence-corrected chi connectivity index (χ1v) is 43.6. The van der Waals surface area contributed by atoms with E-state index in [2.05, 4.69) is 61.3 Å². The van der Waals surface area contributed by atoms with Crippen LogP contribution in [0.25, 0.3) is 22.7 Å². The van der Waals surface area contributed by atoms with Crippen molar-refractivity contribution in [3.8, 4) is 47.0 Å². The number of thiophene rings is 1. The van der Waals surface area contributed by atoms with Crippen molar-refractivity contribution in [1.82, 2.24) is 61.5 Å². The van der Waals surface area contributed by atoms with Gasteiger partial charge in [-0.2, -0.15) is 21.0 Å². The molecule has 132 heavy (non-hydrogen) atoms. The second kappa shape index (κ2) is 42.2. The summed E-state index contributed by atoms with van der Waals surface area (Å²) in [6, 6.07) is 54.6. The molecule has 0 saturated heterocycles. The van der Waals surface area contributed by atoms with E-state index in [1.54, 1.807) is 92.4 Å². The Morgan fingerprint density at radius 3 is 0.977 bits per heavy atom. The van der Waals surface area contributed by atoms with Gasteiger partial charge in [0.2, 0.25) is 0 Å². The minimum Gasteiger partial charge on any atom is -0.394 e. The van der Waals surface area contributed by atoms with Gasteiger partial charge in [-0.1, -0.05) is 96.6 Å². The number of aliphatic hydroxyl groups is 4. The van der Waals surface area contributed by atoms with E-state index in [4.69, 9.17) is 0 Å². The Morgan fingerprint density at radius 1 is 0.348 bits per heavy atom. The molecule has 666 valence electrons. The van der Waals surface area contributed by atoms with Crippen molar-refractivity contribution in [2.45, 2.75) is 133 Å². The molecule has 25 nitrogen and oxygen atoms in total. The predicted octanol–water partition coefficient (Wildman–Crippen LogP) is 15.6. The molecule has 27 heteroatoms. The Morgan fingerprint density at radius 2 is 0.682 bits per heavy atom. The Labute approximate surface area is 767 Å². The van der Waals surface area contributed by atoms with Crippen LogP contribution < -0.4 is 22.2 Å². The second-order valence-corrected chi connectivity index (χ2v) is 34.5. The summed E-state index contributed by atoms with van der Waals surface area (Å²) in [5, 5.41) is 78.6. The lowest BCUT2D eigenvalue weighted by Crippen LogP contribution is -2.30. The molecule has 0 radical (unpaired) electrons. The standard InChI is InChI=1S/C27H25FN4O2.C27H26N4O2.C26H25N5O2.C25H24N4O2S/c1-17-4-6-23(24(28)8-17)26(15-33)32-14-21(12-29)11-22(27(32)34)10-20-5-7-25(18(2)9-20)31-13-19(3)30-16-31;1-18-5-4-6-23(9-18)26(16-32)31-15-22(13-28)12-24(27(31)33)11-21-7-8-25(19(2)10-21)30-14-20(3)29-17-30;1-17-6-23(12-28-11-17)25(15-32)31-14-21(10-27)9-22(26(31)33)8-20-4-5-24(18(2)7-20)30-13-19(3)29-16-30;1-16-8-19(5-6-22(16)28-12-17(2)27-15-28)9-21-10-20(11-26)13-29(25(21)31)23(14-30)24-7-4-18(3)32-24/h4-9,11,13-14,16,26,33H,10,15H2,1-3H3;4-10,12,14-15,17,26,32H,11,16H2,1-3H3;4-7,9,11-14,16,25,32H,8,15H2,1-3H3;4-8,10,12-13,15,23,30H,9,14H2,1-3H3/t2*26-;25-;23-/m0000/s1. The molecule has 0 saturated carbocycles. The molecule has 4 atom stereocenters. The van der Waals surface area contributed by atoms with Gasteiger partial charge in [-0.3, -0.25) is 24.2 Å². The van der Waals surface area contributed by atoms with Crippen LogP contribution in [0.3, 0.4) is 0 Å². The third-order valence-corrected chi connectivity index (χ3v) is 24.0. The van der Waals surface area contributed by atoms with Crippen LogP contribution in [0.1, 0.15) is 179 Å². The van der Waals surface area contributed by atoms with Gasteiger partial charge in [-0.05, 0) is 217 Å². The average Bonchev–Trinajstić information content (AvgIpc) is 1.05. The first-order chi connectivity index (χ1) is 63.5. The molecule has 0 aliphatic heterocycles. The number of aromatic nitrogens is 13. The lowest BCUT2D eigenvalue weighted by atomic mass is 10.0. The molecule has 16 aromatic rings. The summed E-state index contributed by atoms with van der Waals surface area (Å²) in [5.74, 6) is -0.504. The van der Waals surface area contributed by atoms with Crippen molar-refractivity contribution in [2.24, 2.45) is 0 Å². The van der Waals surface area contributed by atoms with Crippen LogP contribution in [-0.2, 0) is 25.7 Å². The highest BCUT2D eigenvalue weighted by molar-refractivity contribution is 7.12. The second-order valence-electron chi connectivity index (χ2n) is 33.2. The van der Waals surface area contributed by atoms with Gasteiger partial charge in [0.25, 0.3) is 22.2 Å². The highest BCUT2D eigenvalue weighted by atomic mass is 32.1. The summed E-state index contributed by atoms with van der Waals surface area (Å²) in [5.41, 5.74) is 22.7. The maximum absolute atomic E-state index is 14.7. The summed E-state index contributed by atoms with van der Waals surface area (Å²) in [6.45, 7) is 22.2. The van der Waals surface area contributed by atoms with E-state index in [9.17, 15) is 65.0 Å². The number of halogens is 1. The van der Waals surface area contributed by atoms with Crippen LogP contribution in [-0.4, -0.2) is 108 Å². The van der Waals surface area contributed by atoms with Crippen LogP contribution in [0.4, 0.5) is 4.39 Å². The maximum atomic E-state index is 14.7. The number of nitriles is 4. The first kappa shape index (κ1) is 94.2. The van der Waals surface area contributed by atoms with Crippen LogP contribution in [0.2, 0.25) is 0 Å². The van der Waals surface area contributed by atoms with Crippen LogP contribution in [0.5, 0.6) is 0 Å². The van der Waals surface area contributed by atoms with E-state index in [0.717, 1.165) is 128 Å². The molecule has 0 bridgehead atoms. The number of pyridine rings is 5. The molecule has 0 aliphatic carbocycles. The molecule has 0 amide bonds. The van der Waals surface area contributed by atoms with Gasteiger partial charge >= 0.3 is 0 Å². The summed E-state index contributed by atoms with van der Waals surface area (Å²) in [4.78, 5) is 76.8. The molecule has 16 rings (SSSR count). The number of nitrogens with zero attached hydrogens (tertiary/aromatic N) is 17. The molecule has 0 spiro atoms. The van der Waals surface area contributed by atoms with Crippen molar-refractivity contribution in [3.05, 3.63) is 447 Å². The van der Waals surface area contributed by atoms with Crippen LogP contribution in [0, 0.1) is 134 Å². The van der Waals surface area contributed by atoms with Gasteiger partial charge < -0.3 is 57.0 Å². The summed E-state index contributed by atoms with van der Waals surface area (Å²) < 4.78 is 28.2. The normalized spacial score (nSPS) is 11.9. The maximum Gasteiger partial charge on any atom is 0.254 e. The molecule has 4 N–H and O–H groups in total. The topological polar surface area (TPSA) is 348 Å². The van der Waals surface area contributed by atoms with Crippen LogP contribution >= 0.6 is 11.3 Å². The molecule has 10 heterocycles.